The summed E-state index contributed by atoms with van der Waals surface area (Å²) in [5.41, 5.74) is 1.95. The largest absolute Gasteiger partial charge is 0.508 e. The molecule has 2 aromatic rings. The van der Waals surface area contributed by atoms with Crippen molar-refractivity contribution in [1.82, 2.24) is 15.5 Å². The number of ether oxygens (including phenoxy) is 2. The van der Waals surface area contributed by atoms with Gasteiger partial charge in [0.25, 0.3) is 0 Å². The minimum Gasteiger partial charge on any atom is -0.508 e. The van der Waals surface area contributed by atoms with Crippen molar-refractivity contribution >= 4 is 5.96 Å². The number of phenols is 1. The summed E-state index contributed by atoms with van der Waals surface area (Å²) >= 11 is 0. The normalized spacial score (nSPS) is 15.5. The van der Waals surface area contributed by atoms with Crippen LogP contribution in [0.1, 0.15) is 36.9 Å². The molecule has 7 nitrogen and oxygen atoms in total. The van der Waals surface area contributed by atoms with Gasteiger partial charge in [-0.25, -0.2) is 4.99 Å². The first-order valence-electron chi connectivity index (χ1n) is 10.9. The number of hydrogen-bond donors (Lipinski definition) is 3. The summed E-state index contributed by atoms with van der Waals surface area (Å²) in [5.74, 6) is 2.51. The van der Waals surface area contributed by atoms with Crippen LogP contribution in [0.4, 0.5) is 0 Å². The topological polar surface area (TPSA) is 78.4 Å². The number of guanidine groups is 1. The summed E-state index contributed by atoms with van der Waals surface area (Å²) in [4.78, 5) is 7.19. The van der Waals surface area contributed by atoms with Gasteiger partial charge in [-0.15, -0.1) is 0 Å². The van der Waals surface area contributed by atoms with Crippen LogP contribution in [-0.2, 0) is 6.54 Å². The van der Waals surface area contributed by atoms with Gasteiger partial charge in [0, 0.05) is 18.7 Å². The minimum atomic E-state index is 0.215. The minimum absolute atomic E-state index is 0.215. The molecule has 1 aliphatic rings. The molecule has 1 aliphatic heterocycles. The number of nitrogens with zero attached hydrogens (tertiary/aromatic N) is 2. The molecular weight excluding hydrogens is 392 g/mol. The number of nitrogens with one attached hydrogen (secondary N) is 2. The second-order valence-corrected chi connectivity index (χ2v) is 7.61. The Bertz CT molecular complexity index is 866. The standard InChI is InChI=1S/C24H34N4O3/c1-4-25-24(26-16-19-15-21(31-3)10-11-23(19)29)27-17-22(28-12-5-6-13-28)18-8-7-9-20(14-18)30-2/h7-11,14-15,22,29H,4-6,12-13,16-17H2,1-3H3,(H2,25,26,27). The molecule has 3 N–H and O–H groups in total. The van der Waals surface area contributed by atoms with E-state index in [1.807, 2.05) is 25.1 Å². The highest BCUT2D eigenvalue weighted by molar-refractivity contribution is 5.79. The number of aromatic hydroxyl groups is 1. The molecule has 0 spiro atoms. The zero-order valence-corrected chi connectivity index (χ0v) is 18.7. The first kappa shape index (κ1) is 22.7. The Morgan fingerprint density at radius 1 is 1.06 bits per heavy atom. The van der Waals surface area contributed by atoms with Gasteiger partial charge >= 0.3 is 0 Å². The molecule has 0 radical (unpaired) electrons. The summed E-state index contributed by atoms with van der Waals surface area (Å²) < 4.78 is 10.7. The van der Waals surface area contributed by atoms with Crippen LogP contribution >= 0.6 is 0 Å². The Balaban J connectivity index is 1.74. The predicted octanol–water partition coefficient (Wildman–Crippen LogP) is 3.30. The van der Waals surface area contributed by atoms with Crippen LogP contribution in [-0.4, -0.2) is 56.4 Å². The zero-order chi connectivity index (χ0) is 22.1. The molecule has 1 unspecified atom stereocenters. The van der Waals surface area contributed by atoms with Gasteiger partial charge in [-0.05, 0) is 68.8 Å². The number of rotatable bonds is 9. The van der Waals surface area contributed by atoms with E-state index in [0.717, 1.165) is 43.5 Å². The number of methoxy groups -OCH3 is 2. The first-order chi connectivity index (χ1) is 15.1. The Labute approximate surface area is 185 Å². The summed E-state index contributed by atoms with van der Waals surface area (Å²) in [6, 6.07) is 13.7. The molecule has 0 saturated carbocycles. The molecule has 1 heterocycles. The molecule has 0 aromatic heterocycles. The molecule has 7 heteroatoms. The van der Waals surface area contributed by atoms with Crippen molar-refractivity contribution in [3.8, 4) is 17.2 Å². The van der Waals surface area contributed by atoms with E-state index < -0.39 is 0 Å². The molecule has 1 atom stereocenters. The van der Waals surface area contributed by atoms with E-state index in [9.17, 15) is 5.11 Å². The molecule has 31 heavy (non-hydrogen) atoms. The lowest BCUT2D eigenvalue weighted by atomic mass is 10.1. The number of aliphatic imine (C=N–C) groups is 1. The summed E-state index contributed by atoms with van der Waals surface area (Å²) in [6.45, 7) is 6.06. The molecule has 2 aromatic carbocycles. The molecule has 1 fully saturated rings. The van der Waals surface area contributed by atoms with Gasteiger partial charge < -0.3 is 25.2 Å². The number of likely N-dealkylation sites (tertiary alicyclic amines) is 1. The number of phenolic OH excluding ortho intramolecular Hbond substituents is 1. The number of benzene rings is 2. The highest BCUT2D eigenvalue weighted by Crippen LogP contribution is 2.27. The molecule has 0 bridgehead atoms. The maximum Gasteiger partial charge on any atom is 0.191 e. The van der Waals surface area contributed by atoms with Crippen LogP contribution in [0.3, 0.4) is 0 Å². The van der Waals surface area contributed by atoms with E-state index in [-0.39, 0.29) is 11.8 Å². The van der Waals surface area contributed by atoms with E-state index in [2.05, 4.69) is 32.7 Å². The van der Waals surface area contributed by atoms with Crippen molar-refractivity contribution in [2.45, 2.75) is 32.4 Å². The highest BCUT2D eigenvalue weighted by atomic mass is 16.5. The average molecular weight is 427 g/mol. The van der Waals surface area contributed by atoms with Gasteiger partial charge in [0.15, 0.2) is 5.96 Å². The second kappa shape index (κ2) is 11.5. The molecule has 1 saturated heterocycles. The smallest absolute Gasteiger partial charge is 0.191 e. The third-order valence-corrected chi connectivity index (χ3v) is 5.56. The zero-order valence-electron chi connectivity index (χ0n) is 18.7. The van der Waals surface area contributed by atoms with E-state index >= 15 is 0 Å². The van der Waals surface area contributed by atoms with Crippen LogP contribution in [0, 0.1) is 0 Å². The fraction of sp³-hybridized carbons (Fsp3) is 0.458. The van der Waals surface area contributed by atoms with Crippen molar-refractivity contribution in [2.75, 3.05) is 40.4 Å². The molecule has 3 rings (SSSR count). The van der Waals surface area contributed by atoms with Gasteiger partial charge in [0.2, 0.25) is 0 Å². The van der Waals surface area contributed by atoms with Crippen LogP contribution in [0.15, 0.2) is 47.5 Å². The van der Waals surface area contributed by atoms with Crippen LogP contribution < -0.4 is 20.1 Å². The fourth-order valence-electron chi connectivity index (χ4n) is 3.87. The van der Waals surface area contributed by atoms with Gasteiger partial charge in [-0.2, -0.15) is 0 Å². The Morgan fingerprint density at radius 3 is 2.52 bits per heavy atom. The lowest BCUT2D eigenvalue weighted by Gasteiger charge is -2.29. The summed E-state index contributed by atoms with van der Waals surface area (Å²) in [7, 11) is 3.31. The Hall–Kier alpha value is -2.93. The van der Waals surface area contributed by atoms with Gasteiger partial charge in [0.05, 0.1) is 26.8 Å². The van der Waals surface area contributed by atoms with E-state index in [1.165, 1.54) is 18.4 Å². The summed E-state index contributed by atoms with van der Waals surface area (Å²) in [5, 5.41) is 16.9. The first-order valence-corrected chi connectivity index (χ1v) is 10.9. The molecule has 0 amide bonds. The maximum absolute atomic E-state index is 10.1. The van der Waals surface area contributed by atoms with E-state index in [4.69, 9.17) is 9.47 Å². The van der Waals surface area contributed by atoms with Crippen molar-refractivity contribution < 1.29 is 14.6 Å². The van der Waals surface area contributed by atoms with Crippen LogP contribution in [0.25, 0.3) is 0 Å². The highest BCUT2D eigenvalue weighted by Gasteiger charge is 2.24. The van der Waals surface area contributed by atoms with Gasteiger partial charge in [-0.3, -0.25) is 4.90 Å². The van der Waals surface area contributed by atoms with E-state index in [0.29, 0.717) is 12.3 Å². The number of hydrogen-bond acceptors (Lipinski definition) is 5. The van der Waals surface area contributed by atoms with Crippen molar-refractivity contribution in [1.29, 1.82) is 0 Å². The fourth-order valence-corrected chi connectivity index (χ4v) is 3.87. The summed E-state index contributed by atoms with van der Waals surface area (Å²) in [6.07, 6.45) is 2.45. The van der Waals surface area contributed by atoms with Crippen LogP contribution in [0.5, 0.6) is 17.2 Å². The van der Waals surface area contributed by atoms with E-state index in [1.54, 1.807) is 26.4 Å². The predicted molar refractivity (Wildman–Crippen MR) is 124 cm³/mol. The molecule has 0 aliphatic carbocycles. The third-order valence-electron chi connectivity index (χ3n) is 5.56. The maximum atomic E-state index is 10.1. The van der Waals surface area contributed by atoms with Crippen molar-refractivity contribution in [3.63, 3.8) is 0 Å². The van der Waals surface area contributed by atoms with Crippen molar-refractivity contribution in [3.05, 3.63) is 53.6 Å². The van der Waals surface area contributed by atoms with Crippen LogP contribution in [0.2, 0.25) is 0 Å². The lowest BCUT2D eigenvalue weighted by molar-refractivity contribution is 0.245. The van der Waals surface area contributed by atoms with Gasteiger partial charge in [0.1, 0.15) is 17.2 Å². The van der Waals surface area contributed by atoms with Crippen molar-refractivity contribution in [2.24, 2.45) is 4.99 Å². The SMILES string of the molecule is CCNC(=NCc1cc(OC)ccc1O)NCC(c1cccc(OC)c1)N1CCCC1. The monoisotopic (exact) mass is 426 g/mol. The van der Waals surface area contributed by atoms with Gasteiger partial charge in [-0.1, -0.05) is 12.1 Å². The lowest BCUT2D eigenvalue weighted by Crippen LogP contribution is -2.42. The average Bonchev–Trinajstić information content (AvgIpc) is 3.33. The molecular formula is C24H34N4O3. The Kier molecular flexibility index (Phi) is 8.41. The second-order valence-electron chi connectivity index (χ2n) is 7.61. The quantitative estimate of drug-likeness (QED) is 0.422. The molecule has 168 valence electrons. The third kappa shape index (κ3) is 6.28. The Morgan fingerprint density at radius 2 is 1.81 bits per heavy atom.